The minimum atomic E-state index is -0.501. The molecule has 0 spiro atoms. The maximum absolute atomic E-state index is 14.2. The van der Waals surface area contributed by atoms with Crippen LogP contribution in [0.4, 0.5) is 17.1 Å². The van der Waals surface area contributed by atoms with E-state index in [-0.39, 0.29) is 16.4 Å². The molecule has 2 unspecified atom stereocenters. The molecule has 9 heteroatoms. The van der Waals surface area contributed by atoms with E-state index in [9.17, 15) is 9.90 Å². The number of thiol groups is 1. The van der Waals surface area contributed by atoms with Crippen LogP contribution in [-0.4, -0.2) is 41.6 Å². The summed E-state index contributed by atoms with van der Waals surface area (Å²) in [5.41, 5.74) is 7.96. The van der Waals surface area contributed by atoms with Crippen LogP contribution in [-0.2, 0) is 4.79 Å². The summed E-state index contributed by atoms with van der Waals surface area (Å²) in [6, 6.07) is 23.5. The van der Waals surface area contributed by atoms with Crippen molar-refractivity contribution in [1.29, 1.82) is 0 Å². The lowest BCUT2D eigenvalue weighted by atomic mass is 10.1. The van der Waals surface area contributed by atoms with Crippen LogP contribution in [0.5, 0.6) is 0 Å². The normalized spacial score (nSPS) is 20.3. The van der Waals surface area contributed by atoms with Gasteiger partial charge in [0.25, 0.3) is 11.7 Å². The maximum Gasteiger partial charge on any atom is 0.272 e. The zero-order valence-corrected chi connectivity index (χ0v) is 21.4. The second-order valence-electron chi connectivity index (χ2n) is 8.83. The molecule has 3 aromatic rings. The smallest absolute Gasteiger partial charge is 0.272 e. The predicted octanol–water partition coefficient (Wildman–Crippen LogP) is 4.93. The topological polar surface area (TPSA) is 68.2 Å². The fourth-order valence-electron chi connectivity index (χ4n) is 5.08. The third-order valence-electron chi connectivity index (χ3n) is 6.78. The largest absolute Gasteiger partial charge is 0.390 e. The Labute approximate surface area is 219 Å². The van der Waals surface area contributed by atoms with Crippen LogP contribution in [0.25, 0.3) is 5.70 Å². The van der Waals surface area contributed by atoms with Crippen LogP contribution in [0.3, 0.4) is 0 Å². The molecule has 7 nitrogen and oxygen atoms in total. The van der Waals surface area contributed by atoms with Gasteiger partial charge in [-0.25, -0.2) is 0 Å². The van der Waals surface area contributed by atoms with E-state index in [1.165, 1.54) is 0 Å². The number of aliphatic imine (C=N–C) groups is 1. The highest BCUT2D eigenvalue weighted by Gasteiger charge is 2.47. The van der Waals surface area contributed by atoms with Crippen LogP contribution < -0.4 is 14.2 Å². The number of carbonyl (C=O) groups excluding carboxylic acids is 1. The number of nitrogens with zero attached hydrogens (tertiary/aromatic N) is 4. The summed E-state index contributed by atoms with van der Waals surface area (Å²) in [5.74, 6) is 0.672. The first-order valence-electron chi connectivity index (χ1n) is 11.9. The third-order valence-corrected chi connectivity index (χ3v) is 8.51. The molecular weight excluding hydrogens is 490 g/mol. The van der Waals surface area contributed by atoms with Crippen molar-refractivity contribution in [3.63, 3.8) is 0 Å². The van der Waals surface area contributed by atoms with Gasteiger partial charge in [0.15, 0.2) is 11.4 Å². The second-order valence-corrected chi connectivity index (χ2v) is 10.6. The Morgan fingerprint density at radius 2 is 1.69 bits per heavy atom. The van der Waals surface area contributed by atoms with E-state index in [4.69, 9.17) is 17.8 Å². The van der Waals surface area contributed by atoms with E-state index >= 15 is 0 Å². The number of amides is 1. The highest BCUT2D eigenvalue weighted by atomic mass is 32.2. The molecule has 0 saturated carbocycles. The molecular formula is C27H26N5O2S2+. The summed E-state index contributed by atoms with van der Waals surface area (Å²) >= 11 is 6.60. The number of para-hydroxylation sites is 3. The average molecular weight is 517 g/mol. The Bertz CT molecular complexity index is 1380. The third kappa shape index (κ3) is 3.46. The molecule has 0 radical (unpaired) electrons. The van der Waals surface area contributed by atoms with Gasteiger partial charge < -0.3 is 5.11 Å². The number of aliphatic hydroxyl groups is 1. The first-order chi connectivity index (χ1) is 17.6. The predicted molar refractivity (Wildman–Crippen MR) is 148 cm³/mol. The molecule has 0 bridgehead atoms. The first kappa shape index (κ1) is 23.2. The van der Waals surface area contributed by atoms with Crippen molar-refractivity contribution in [3.05, 3.63) is 84.2 Å². The van der Waals surface area contributed by atoms with Crippen LogP contribution >= 0.6 is 24.6 Å². The summed E-state index contributed by atoms with van der Waals surface area (Å²) < 4.78 is 0.105. The van der Waals surface area contributed by atoms with Gasteiger partial charge in [-0.3, -0.25) is 20.1 Å². The van der Waals surface area contributed by atoms with Gasteiger partial charge in [0, 0.05) is 15.9 Å². The summed E-state index contributed by atoms with van der Waals surface area (Å²) in [7, 11) is 0. The van der Waals surface area contributed by atoms with Crippen molar-refractivity contribution >= 4 is 59.6 Å². The van der Waals surface area contributed by atoms with Crippen molar-refractivity contribution in [3.8, 4) is 0 Å². The molecule has 3 aliphatic heterocycles. The van der Waals surface area contributed by atoms with Crippen LogP contribution in [0.1, 0.15) is 18.9 Å². The molecule has 0 fully saturated rings. The molecule has 3 heterocycles. The number of anilines is 2. The van der Waals surface area contributed by atoms with Gasteiger partial charge in [0.1, 0.15) is 18.9 Å². The first-order valence-corrected chi connectivity index (χ1v) is 13.1. The minimum Gasteiger partial charge on any atom is -0.390 e. The van der Waals surface area contributed by atoms with Crippen LogP contribution in [0, 0.1) is 0 Å². The summed E-state index contributed by atoms with van der Waals surface area (Å²) in [5, 5.41) is 11.5. The number of rotatable bonds is 5. The number of fused-ring (bicyclic) bond motifs is 4. The van der Waals surface area contributed by atoms with Crippen molar-refractivity contribution in [2.75, 3.05) is 18.1 Å². The SMILES string of the molecule is CCC(C(=O)N1c2ccccc2Sc2ccccc21)N1C=NC2=C(N1)c1ccccc1[N+]2(S)CCO. The molecule has 2 N–H and O–H groups in total. The number of hydrogen-bond donors (Lipinski definition) is 3. The fraction of sp³-hybridized carbons (Fsp3) is 0.185. The zero-order chi connectivity index (χ0) is 24.9. The summed E-state index contributed by atoms with van der Waals surface area (Å²) in [4.78, 5) is 22.9. The van der Waals surface area contributed by atoms with Gasteiger partial charge in [-0.1, -0.05) is 55.1 Å². The average Bonchev–Trinajstić information content (AvgIpc) is 3.15. The minimum absolute atomic E-state index is 0.0320. The van der Waals surface area contributed by atoms with E-state index in [0.717, 1.165) is 38.1 Å². The number of benzene rings is 3. The Kier molecular flexibility index (Phi) is 5.80. The lowest BCUT2D eigenvalue weighted by Crippen LogP contribution is -2.53. The number of hydrazine groups is 1. The summed E-state index contributed by atoms with van der Waals surface area (Å²) in [6.07, 6.45) is 2.25. The van der Waals surface area contributed by atoms with E-state index < -0.39 is 6.04 Å². The molecule has 1 amide bonds. The van der Waals surface area contributed by atoms with Crippen molar-refractivity contribution in [1.82, 2.24) is 14.3 Å². The Hall–Kier alpha value is -3.24. The quantitative estimate of drug-likeness (QED) is 0.332. The molecule has 0 aliphatic carbocycles. The number of quaternary nitrogens is 1. The lowest BCUT2D eigenvalue weighted by Gasteiger charge is -2.37. The molecule has 36 heavy (non-hydrogen) atoms. The highest BCUT2D eigenvalue weighted by molar-refractivity contribution is 7.99. The second kappa shape index (κ2) is 9.01. The zero-order valence-electron chi connectivity index (χ0n) is 19.7. The number of carbonyl (C=O) groups is 1. The summed E-state index contributed by atoms with van der Waals surface area (Å²) in [6.45, 7) is 2.36. The highest BCUT2D eigenvalue weighted by Crippen LogP contribution is 2.49. The molecule has 3 aromatic carbocycles. The van der Waals surface area contributed by atoms with E-state index in [0.29, 0.717) is 18.8 Å². The van der Waals surface area contributed by atoms with Crippen LogP contribution in [0.2, 0.25) is 0 Å². The Morgan fingerprint density at radius 1 is 1.06 bits per heavy atom. The molecule has 2 atom stereocenters. The van der Waals surface area contributed by atoms with Crippen molar-refractivity contribution < 1.29 is 9.90 Å². The fourth-order valence-corrected chi connectivity index (χ4v) is 6.56. The number of nitrogens with one attached hydrogen (secondary N) is 1. The van der Waals surface area contributed by atoms with Gasteiger partial charge in [-0.15, -0.1) is 0 Å². The molecule has 0 aromatic heterocycles. The van der Waals surface area contributed by atoms with Gasteiger partial charge in [-0.2, -0.15) is 8.88 Å². The van der Waals surface area contributed by atoms with Gasteiger partial charge >= 0.3 is 0 Å². The van der Waals surface area contributed by atoms with Crippen molar-refractivity contribution in [2.24, 2.45) is 4.99 Å². The molecule has 182 valence electrons. The molecule has 6 rings (SSSR count). The standard InChI is InChI=1S/C27H26N5O2S2/c1-2-19(27(34)31-20-10-4-7-13-23(20)36-24-14-8-5-11-21(24)31)30-17-28-26-25(29-30)18-9-3-6-12-22(18)32(26,35)15-16-33/h3-14,17,19,29,33,35H,2,15-16H2,1H3/q+1. The number of hydrogen-bond acceptors (Lipinski definition) is 7. The lowest BCUT2D eigenvalue weighted by molar-refractivity contribution is -0.122. The molecule has 3 aliphatic rings. The van der Waals surface area contributed by atoms with Gasteiger partial charge in [0.2, 0.25) is 0 Å². The van der Waals surface area contributed by atoms with E-state index in [1.54, 1.807) is 23.1 Å². The Morgan fingerprint density at radius 3 is 2.36 bits per heavy atom. The molecule has 0 saturated heterocycles. The number of aliphatic hydroxyl groups excluding tert-OH is 1. The Balaban J connectivity index is 1.37. The maximum atomic E-state index is 14.2. The monoisotopic (exact) mass is 516 g/mol. The van der Waals surface area contributed by atoms with E-state index in [1.807, 2.05) is 72.5 Å². The van der Waals surface area contributed by atoms with Gasteiger partial charge in [0.05, 0.1) is 36.4 Å². The van der Waals surface area contributed by atoms with Crippen LogP contribution in [0.15, 0.2) is 93.4 Å². The van der Waals surface area contributed by atoms with E-state index in [2.05, 4.69) is 17.6 Å². The van der Waals surface area contributed by atoms with Crippen molar-refractivity contribution in [2.45, 2.75) is 29.2 Å². The van der Waals surface area contributed by atoms with Gasteiger partial charge in [-0.05, 0) is 36.8 Å².